The Morgan fingerprint density at radius 1 is 1.53 bits per heavy atom. The molecule has 0 radical (unpaired) electrons. The third-order valence-electron chi connectivity index (χ3n) is 2.14. The quantitative estimate of drug-likeness (QED) is 0.808. The van der Waals surface area contributed by atoms with E-state index in [1.54, 1.807) is 0 Å². The van der Waals surface area contributed by atoms with Crippen molar-refractivity contribution < 1.29 is 9.53 Å². The zero-order chi connectivity index (χ0) is 11.6. The third kappa shape index (κ3) is 2.50. The Morgan fingerprint density at radius 2 is 2.13 bits per heavy atom. The highest BCUT2D eigenvalue weighted by Crippen LogP contribution is 2.31. The van der Waals surface area contributed by atoms with Crippen LogP contribution in [0, 0.1) is 6.92 Å². The first kappa shape index (κ1) is 12.0. The second-order valence-corrected chi connectivity index (χ2v) is 4.83. The number of thiophene rings is 1. The highest BCUT2D eigenvalue weighted by atomic mass is 32.1. The minimum absolute atomic E-state index is 0.110. The van der Waals surface area contributed by atoms with Crippen LogP contribution in [0.1, 0.15) is 41.6 Å². The van der Waals surface area contributed by atoms with E-state index >= 15 is 0 Å². The minimum atomic E-state index is -0.309. The largest absolute Gasteiger partial charge is 0.459 e. The lowest BCUT2D eigenvalue weighted by Crippen LogP contribution is -2.13. The summed E-state index contributed by atoms with van der Waals surface area (Å²) in [5.74, 6) is -0.309. The molecule has 0 atom stereocenters. The summed E-state index contributed by atoms with van der Waals surface area (Å²) in [6, 6.07) is 0. The van der Waals surface area contributed by atoms with Gasteiger partial charge in [0, 0.05) is 4.88 Å². The topological polar surface area (TPSA) is 52.3 Å². The van der Waals surface area contributed by atoms with Crippen LogP contribution in [0.15, 0.2) is 0 Å². The highest BCUT2D eigenvalue weighted by molar-refractivity contribution is 7.16. The van der Waals surface area contributed by atoms with Crippen molar-refractivity contribution in [3.63, 3.8) is 0 Å². The molecule has 0 amide bonds. The van der Waals surface area contributed by atoms with Gasteiger partial charge in [0.2, 0.25) is 0 Å². The van der Waals surface area contributed by atoms with Crippen molar-refractivity contribution in [2.45, 2.75) is 40.2 Å². The van der Waals surface area contributed by atoms with Gasteiger partial charge in [0.05, 0.1) is 11.7 Å². The Hall–Kier alpha value is -1.03. The molecule has 0 aliphatic heterocycles. The van der Waals surface area contributed by atoms with Gasteiger partial charge in [-0.15, -0.1) is 11.3 Å². The molecular formula is C11H17NO2S. The fourth-order valence-corrected chi connectivity index (χ4v) is 2.45. The normalized spacial score (nSPS) is 10.7. The van der Waals surface area contributed by atoms with Crippen molar-refractivity contribution in [3.05, 3.63) is 16.0 Å². The molecule has 0 spiro atoms. The average molecular weight is 227 g/mol. The third-order valence-corrected chi connectivity index (χ3v) is 3.41. The van der Waals surface area contributed by atoms with Crippen LogP contribution in [0.2, 0.25) is 0 Å². The van der Waals surface area contributed by atoms with Crippen molar-refractivity contribution in [2.75, 3.05) is 5.73 Å². The van der Waals surface area contributed by atoms with Crippen LogP contribution in [-0.4, -0.2) is 12.1 Å². The lowest BCUT2D eigenvalue weighted by atomic mass is 10.1. The number of carbonyl (C=O) groups excluding carboxylic acids is 1. The van der Waals surface area contributed by atoms with Gasteiger partial charge < -0.3 is 10.5 Å². The second-order valence-electron chi connectivity index (χ2n) is 3.70. The van der Waals surface area contributed by atoms with E-state index in [2.05, 4.69) is 6.92 Å². The number of hydrogen-bond donors (Lipinski definition) is 1. The molecule has 1 heterocycles. The fraction of sp³-hybridized carbons (Fsp3) is 0.545. The molecule has 84 valence electrons. The molecule has 2 N–H and O–H groups in total. The molecule has 0 saturated carbocycles. The summed E-state index contributed by atoms with van der Waals surface area (Å²) in [6.07, 6.45) is 0.789. The summed E-state index contributed by atoms with van der Waals surface area (Å²) in [6.45, 7) is 7.63. The molecule has 0 saturated heterocycles. The van der Waals surface area contributed by atoms with Crippen molar-refractivity contribution >= 4 is 22.3 Å². The maximum absolute atomic E-state index is 11.7. The van der Waals surface area contributed by atoms with Gasteiger partial charge in [0.15, 0.2) is 0 Å². The Balaban J connectivity index is 3.03. The van der Waals surface area contributed by atoms with Crippen LogP contribution in [0.3, 0.4) is 0 Å². The summed E-state index contributed by atoms with van der Waals surface area (Å²) in [7, 11) is 0. The first-order valence-corrected chi connectivity index (χ1v) is 5.87. The number of esters is 1. The fourth-order valence-electron chi connectivity index (χ4n) is 1.45. The van der Waals surface area contributed by atoms with E-state index in [1.165, 1.54) is 11.3 Å². The van der Waals surface area contributed by atoms with Crippen LogP contribution in [0.5, 0.6) is 0 Å². The summed E-state index contributed by atoms with van der Waals surface area (Å²) in [5.41, 5.74) is 7.32. The van der Waals surface area contributed by atoms with Crippen molar-refractivity contribution in [3.8, 4) is 0 Å². The van der Waals surface area contributed by atoms with Gasteiger partial charge in [-0.1, -0.05) is 6.92 Å². The van der Waals surface area contributed by atoms with E-state index in [1.807, 2.05) is 20.8 Å². The summed E-state index contributed by atoms with van der Waals surface area (Å²) < 4.78 is 5.14. The van der Waals surface area contributed by atoms with Gasteiger partial charge in [0.25, 0.3) is 0 Å². The molecular weight excluding hydrogens is 210 g/mol. The van der Waals surface area contributed by atoms with Gasteiger partial charge >= 0.3 is 5.97 Å². The second kappa shape index (κ2) is 4.66. The zero-order valence-corrected chi connectivity index (χ0v) is 10.4. The maximum atomic E-state index is 11.7. The zero-order valence-electron chi connectivity index (χ0n) is 9.59. The molecule has 1 rings (SSSR count). The van der Waals surface area contributed by atoms with Crippen LogP contribution < -0.4 is 5.73 Å². The number of nitrogens with two attached hydrogens (primary N) is 1. The number of aryl methyl sites for hydroxylation is 1. The van der Waals surface area contributed by atoms with E-state index in [9.17, 15) is 4.79 Å². The first-order chi connectivity index (χ1) is 6.97. The minimum Gasteiger partial charge on any atom is -0.459 e. The molecule has 4 heteroatoms. The smallest absolute Gasteiger partial charge is 0.341 e. The molecule has 0 aliphatic rings. The first-order valence-electron chi connectivity index (χ1n) is 5.06. The molecule has 0 bridgehead atoms. The van der Waals surface area contributed by atoms with Crippen LogP contribution in [-0.2, 0) is 11.2 Å². The van der Waals surface area contributed by atoms with E-state index in [-0.39, 0.29) is 12.1 Å². The van der Waals surface area contributed by atoms with Gasteiger partial charge in [-0.2, -0.15) is 0 Å². The molecule has 1 aromatic rings. The highest BCUT2D eigenvalue weighted by Gasteiger charge is 2.20. The summed E-state index contributed by atoms with van der Waals surface area (Å²) >= 11 is 1.47. The molecule has 3 nitrogen and oxygen atoms in total. The monoisotopic (exact) mass is 227 g/mol. The number of nitrogen functional groups attached to an aromatic ring is 1. The summed E-state index contributed by atoms with van der Waals surface area (Å²) in [4.78, 5) is 12.9. The van der Waals surface area contributed by atoms with E-state index in [0.29, 0.717) is 10.6 Å². The van der Waals surface area contributed by atoms with Gasteiger partial charge in [-0.05, 0) is 32.8 Å². The van der Waals surface area contributed by atoms with Gasteiger partial charge in [-0.3, -0.25) is 0 Å². The van der Waals surface area contributed by atoms with Gasteiger partial charge in [-0.25, -0.2) is 4.79 Å². The number of ether oxygens (including phenoxy) is 1. The average Bonchev–Trinajstić information content (AvgIpc) is 2.40. The van der Waals surface area contributed by atoms with Crippen molar-refractivity contribution in [1.29, 1.82) is 0 Å². The van der Waals surface area contributed by atoms with E-state index in [0.717, 1.165) is 16.9 Å². The Bertz CT molecular complexity index is 369. The summed E-state index contributed by atoms with van der Waals surface area (Å²) in [5, 5.41) is 0.565. The Kier molecular flexibility index (Phi) is 3.74. The predicted octanol–water partition coefficient (Wildman–Crippen LogP) is 2.77. The molecule has 15 heavy (non-hydrogen) atoms. The van der Waals surface area contributed by atoms with Gasteiger partial charge in [0.1, 0.15) is 5.00 Å². The lowest BCUT2D eigenvalue weighted by molar-refractivity contribution is 0.0379. The van der Waals surface area contributed by atoms with Crippen LogP contribution in [0.4, 0.5) is 5.00 Å². The van der Waals surface area contributed by atoms with E-state index < -0.39 is 0 Å². The Morgan fingerprint density at radius 3 is 2.53 bits per heavy atom. The molecule has 0 aromatic carbocycles. The lowest BCUT2D eigenvalue weighted by Gasteiger charge is -2.08. The molecule has 0 aliphatic carbocycles. The van der Waals surface area contributed by atoms with E-state index in [4.69, 9.17) is 10.5 Å². The van der Waals surface area contributed by atoms with Crippen LogP contribution >= 0.6 is 11.3 Å². The number of anilines is 1. The SMILES string of the molecule is CCc1sc(N)c(C(=O)OC(C)C)c1C. The molecule has 1 aromatic heterocycles. The predicted molar refractivity (Wildman–Crippen MR) is 63.4 cm³/mol. The molecule has 0 fully saturated rings. The number of carbonyl (C=O) groups is 1. The van der Waals surface area contributed by atoms with Crippen molar-refractivity contribution in [1.82, 2.24) is 0 Å². The molecule has 0 unspecified atom stereocenters. The standard InChI is InChI=1S/C11H17NO2S/c1-5-8-7(4)9(10(12)15-8)11(13)14-6(2)3/h6H,5,12H2,1-4H3. The Labute approximate surface area is 94.2 Å². The number of hydrogen-bond acceptors (Lipinski definition) is 4. The maximum Gasteiger partial charge on any atom is 0.341 e. The number of rotatable bonds is 3. The van der Waals surface area contributed by atoms with Crippen molar-refractivity contribution in [2.24, 2.45) is 0 Å². The van der Waals surface area contributed by atoms with Crippen LogP contribution in [0.25, 0.3) is 0 Å².